The van der Waals surface area contributed by atoms with Crippen LogP contribution in [0.15, 0.2) is 0 Å². The van der Waals surface area contributed by atoms with Crippen LogP contribution in [0.3, 0.4) is 0 Å². The number of rotatable bonds is 4. The van der Waals surface area contributed by atoms with E-state index in [1.807, 2.05) is 0 Å². The van der Waals surface area contributed by atoms with Gasteiger partial charge in [-0.25, -0.2) is 0 Å². The molecular formula is C10H21Cl3Si. The molecule has 0 radical (unpaired) electrons. The van der Waals surface area contributed by atoms with E-state index < -0.39 is 6.00 Å². The van der Waals surface area contributed by atoms with Gasteiger partial charge in [-0.15, -0.1) is 33.2 Å². The smallest absolute Gasteiger partial charge is 0.125 e. The van der Waals surface area contributed by atoms with E-state index >= 15 is 0 Å². The maximum atomic E-state index is 6.31. The molecule has 0 atom stereocenters. The first kappa shape index (κ1) is 15.1. The van der Waals surface area contributed by atoms with Crippen molar-refractivity contribution in [1.29, 1.82) is 0 Å². The Hall–Kier alpha value is 1.09. The Kier molecular flexibility index (Phi) is 5.33. The van der Waals surface area contributed by atoms with Gasteiger partial charge in [-0.3, -0.25) is 0 Å². The van der Waals surface area contributed by atoms with Gasteiger partial charge in [0.15, 0.2) is 0 Å². The molecule has 0 spiro atoms. The van der Waals surface area contributed by atoms with Crippen LogP contribution in [0.2, 0.25) is 5.04 Å². The second kappa shape index (κ2) is 4.95. The molecule has 0 heterocycles. The van der Waals surface area contributed by atoms with Crippen LogP contribution in [0.5, 0.6) is 0 Å². The van der Waals surface area contributed by atoms with Gasteiger partial charge in [0, 0.05) is 5.04 Å². The molecule has 0 amide bonds. The lowest BCUT2D eigenvalue weighted by atomic mass is 9.76. The largest absolute Gasteiger partial charge is 0.347 e. The van der Waals surface area contributed by atoms with Crippen molar-refractivity contribution in [3.05, 3.63) is 0 Å². The molecule has 0 aliphatic carbocycles. The molecule has 0 nitrogen and oxygen atoms in total. The zero-order valence-electron chi connectivity index (χ0n) is 9.87. The molecular weight excluding hydrogens is 255 g/mol. The summed E-state index contributed by atoms with van der Waals surface area (Å²) in [7, 11) is 0. The molecule has 86 valence electrons. The van der Waals surface area contributed by atoms with Gasteiger partial charge in [0.25, 0.3) is 0 Å². The van der Waals surface area contributed by atoms with Gasteiger partial charge in [-0.1, -0.05) is 41.5 Å². The van der Waals surface area contributed by atoms with Gasteiger partial charge in [-0.05, 0) is 17.8 Å². The van der Waals surface area contributed by atoms with Gasteiger partial charge in [-0.2, -0.15) is 0 Å². The number of halogens is 3. The second-order valence-corrected chi connectivity index (χ2v) is 13.6. The minimum atomic E-state index is -2.71. The van der Waals surface area contributed by atoms with Crippen LogP contribution in [0.25, 0.3) is 0 Å². The van der Waals surface area contributed by atoms with Gasteiger partial charge in [0.1, 0.15) is 0 Å². The summed E-state index contributed by atoms with van der Waals surface area (Å²) in [6.07, 6.45) is 0. The topological polar surface area (TPSA) is 0 Å². The fourth-order valence-corrected chi connectivity index (χ4v) is 10.8. The first-order chi connectivity index (χ1) is 6.08. The lowest BCUT2D eigenvalue weighted by Crippen LogP contribution is -2.45. The number of hydrogen-bond donors (Lipinski definition) is 0. The average molecular weight is 276 g/mol. The highest BCUT2D eigenvalue weighted by atomic mass is 35.8. The maximum Gasteiger partial charge on any atom is 0.347 e. The minimum Gasteiger partial charge on any atom is -0.125 e. The SMILES string of the molecule is CC(C)C(C(C)C)(C(C)C)[Si](Cl)(Cl)Cl. The molecule has 0 aliphatic rings. The Morgan fingerprint density at radius 2 is 0.929 bits per heavy atom. The Bertz CT molecular complexity index is 161. The highest BCUT2D eigenvalue weighted by molar-refractivity contribution is 7.65. The van der Waals surface area contributed by atoms with Crippen LogP contribution in [-0.2, 0) is 0 Å². The summed E-state index contributed by atoms with van der Waals surface area (Å²) in [6, 6.07) is -2.71. The number of hydrogen-bond acceptors (Lipinski definition) is 0. The predicted octanol–water partition coefficient (Wildman–Crippen LogP) is 5.35. The molecule has 0 bridgehead atoms. The molecule has 0 saturated heterocycles. The molecule has 14 heavy (non-hydrogen) atoms. The van der Waals surface area contributed by atoms with E-state index in [4.69, 9.17) is 33.2 Å². The highest BCUT2D eigenvalue weighted by Gasteiger charge is 2.57. The van der Waals surface area contributed by atoms with Crippen molar-refractivity contribution in [1.82, 2.24) is 0 Å². The summed E-state index contributed by atoms with van der Waals surface area (Å²) in [5.41, 5.74) is 0. The van der Waals surface area contributed by atoms with Gasteiger partial charge >= 0.3 is 6.00 Å². The standard InChI is InChI=1S/C10H21Cl3Si/c1-7(2)10(8(3)4,9(5)6)14(11,12)13/h7-9H,1-6H3. The Morgan fingerprint density at radius 3 is 0.929 bits per heavy atom. The van der Waals surface area contributed by atoms with Crippen molar-refractivity contribution in [2.24, 2.45) is 17.8 Å². The zero-order valence-corrected chi connectivity index (χ0v) is 13.1. The van der Waals surface area contributed by atoms with E-state index in [-0.39, 0.29) is 5.04 Å². The van der Waals surface area contributed by atoms with Crippen molar-refractivity contribution in [3.8, 4) is 0 Å². The van der Waals surface area contributed by atoms with Crippen molar-refractivity contribution in [3.63, 3.8) is 0 Å². The van der Waals surface area contributed by atoms with Gasteiger partial charge < -0.3 is 0 Å². The third-order valence-corrected chi connectivity index (χ3v) is 9.02. The lowest BCUT2D eigenvalue weighted by Gasteiger charge is -2.48. The summed E-state index contributed by atoms with van der Waals surface area (Å²) in [5.74, 6) is 1.21. The van der Waals surface area contributed by atoms with Crippen LogP contribution in [0.4, 0.5) is 0 Å². The zero-order chi connectivity index (χ0) is 11.7. The Morgan fingerprint density at radius 1 is 0.714 bits per heavy atom. The van der Waals surface area contributed by atoms with Crippen molar-refractivity contribution < 1.29 is 0 Å². The quantitative estimate of drug-likeness (QED) is 0.479. The van der Waals surface area contributed by atoms with E-state index in [0.717, 1.165) is 0 Å². The van der Waals surface area contributed by atoms with Crippen LogP contribution in [0, 0.1) is 17.8 Å². The molecule has 0 rings (SSSR count). The fourth-order valence-electron chi connectivity index (χ4n) is 2.98. The first-order valence-electron chi connectivity index (χ1n) is 5.15. The minimum absolute atomic E-state index is 0.127. The fraction of sp³-hybridized carbons (Fsp3) is 1.00. The molecule has 0 aromatic rings. The molecule has 0 fully saturated rings. The summed E-state index contributed by atoms with van der Waals surface area (Å²) in [6.45, 7) is 13.0. The summed E-state index contributed by atoms with van der Waals surface area (Å²) in [5, 5.41) is -0.127. The van der Waals surface area contributed by atoms with Crippen LogP contribution >= 0.6 is 33.2 Å². The molecule has 0 aromatic carbocycles. The summed E-state index contributed by atoms with van der Waals surface area (Å²) < 4.78 is 0. The van der Waals surface area contributed by atoms with Crippen molar-refractivity contribution in [2.75, 3.05) is 0 Å². The molecule has 0 unspecified atom stereocenters. The maximum absolute atomic E-state index is 6.31. The van der Waals surface area contributed by atoms with Crippen molar-refractivity contribution in [2.45, 2.75) is 46.6 Å². The Balaban J connectivity index is 5.40. The van der Waals surface area contributed by atoms with E-state index in [0.29, 0.717) is 17.8 Å². The average Bonchev–Trinajstić information content (AvgIpc) is 1.79. The van der Waals surface area contributed by atoms with E-state index in [2.05, 4.69) is 41.5 Å². The van der Waals surface area contributed by atoms with Crippen LogP contribution < -0.4 is 0 Å². The van der Waals surface area contributed by atoms with Crippen LogP contribution in [0.1, 0.15) is 41.5 Å². The van der Waals surface area contributed by atoms with Crippen LogP contribution in [-0.4, -0.2) is 6.00 Å². The summed E-state index contributed by atoms with van der Waals surface area (Å²) in [4.78, 5) is 0. The molecule has 0 aromatic heterocycles. The van der Waals surface area contributed by atoms with E-state index in [1.54, 1.807) is 0 Å². The lowest BCUT2D eigenvalue weighted by molar-refractivity contribution is 0.230. The molecule has 4 heteroatoms. The second-order valence-electron chi connectivity index (χ2n) is 4.89. The normalized spacial score (nSPS) is 14.6. The third-order valence-electron chi connectivity index (χ3n) is 3.36. The van der Waals surface area contributed by atoms with Gasteiger partial charge in [0.2, 0.25) is 0 Å². The predicted molar refractivity (Wildman–Crippen MR) is 70.5 cm³/mol. The summed E-state index contributed by atoms with van der Waals surface area (Å²) >= 11 is 18.9. The Labute approximate surface area is 103 Å². The third kappa shape index (κ3) is 2.42. The van der Waals surface area contributed by atoms with Crippen molar-refractivity contribution >= 4 is 39.2 Å². The molecule has 0 saturated carbocycles. The first-order valence-corrected chi connectivity index (χ1v) is 10.2. The van der Waals surface area contributed by atoms with Gasteiger partial charge in [0.05, 0.1) is 0 Å². The van der Waals surface area contributed by atoms with E-state index in [1.165, 1.54) is 0 Å². The molecule has 0 aliphatic heterocycles. The molecule has 0 N–H and O–H groups in total. The highest BCUT2D eigenvalue weighted by Crippen LogP contribution is 2.61. The van der Waals surface area contributed by atoms with E-state index in [9.17, 15) is 0 Å². The monoisotopic (exact) mass is 274 g/mol.